The number of sulfonamides is 1. The van der Waals surface area contributed by atoms with Crippen LogP contribution in [0.1, 0.15) is 28.8 Å². The van der Waals surface area contributed by atoms with Gasteiger partial charge in [0.25, 0.3) is 0 Å². The summed E-state index contributed by atoms with van der Waals surface area (Å²) in [6.07, 6.45) is 0.528. The summed E-state index contributed by atoms with van der Waals surface area (Å²) in [5.41, 5.74) is 0.549. The first-order valence-corrected chi connectivity index (χ1v) is 12.1. The molecule has 0 bridgehead atoms. The van der Waals surface area contributed by atoms with Gasteiger partial charge in [0.15, 0.2) is 0 Å². The molecule has 9 nitrogen and oxygen atoms in total. The van der Waals surface area contributed by atoms with Gasteiger partial charge in [-0.3, -0.25) is 4.79 Å². The van der Waals surface area contributed by atoms with E-state index >= 15 is 0 Å². The van der Waals surface area contributed by atoms with Gasteiger partial charge in [-0.15, -0.1) is 0 Å². The Morgan fingerprint density at radius 3 is 2.47 bits per heavy atom. The summed E-state index contributed by atoms with van der Waals surface area (Å²) in [6.45, 7) is 1.99. The fraction of sp³-hybridized carbons (Fsp3) is 0.292. The lowest BCUT2D eigenvalue weighted by atomic mass is 9.98. The summed E-state index contributed by atoms with van der Waals surface area (Å²) < 4.78 is 42.9. The highest BCUT2D eigenvalue weighted by Crippen LogP contribution is 2.28. The molecule has 4 rings (SSSR count). The standard InChI is InChI=1S/C24H23NO8S/c1-15-13-22(26)33-20-14-17(7-8-18(15)20)32-23(27)16-9-11-25(12-10-16)34(29,30)21-6-4-3-5-19(21)24(28)31-2/h3-8,13-14,16H,9-12H2,1-2H3. The first-order chi connectivity index (χ1) is 16.2. The summed E-state index contributed by atoms with van der Waals surface area (Å²) in [5.74, 6) is -1.48. The molecule has 0 N–H and O–H groups in total. The Morgan fingerprint density at radius 1 is 1.06 bits per heavy atom. The van der Waals surface area contributed by atoms with Gasteiger partial charge in [0, 0.05) is 30.6 Å². The maximum absolute atomic E-state index is 13.1. The fourth-order valence-electron chi connectivity index (χ4n) is 4.01. The number of carbonyl (C=O) groups is 2. The third-order valence-corrected chi connectivity index (χ3v) is 7.80. The quantitative estimate of drug-likeness (QED) is 0.307. The highest BCUT2D eigenvalue weighted by molar-refractivity contribution is 7.89. The topological polar surface area (TPSA) is 120 Å². The number of methoxy groups -OCH3 is 1. The van der Waals surface area contributed by atoms with Crippen molar-refractivity contribution in [1.29, 1.82) is 0 Å². The van der Waals surface area contributed by atoms with Gasteiger partial charge < -0.3 is 13.9 Å². The van der Waals surface area contributed by atoms with Crippen molar-refractivity contribution in [2.45, 2.75) is 24.7 Å². The van der Waals surface area contributed by atoms with Crippen molar-refractivity contribution in [3.8, 4) is 5.75 Å². The van der Waals surface area contributed by atoms with Crippen molar-refractivity contribution in [3.63, 3.8) is 0 Å². The molecule has 34 heavy (non-hydrogen) atoms. The van der Waals surface area contributed by atoms with Crippen LogP contribution in [0.5, 0.6) is 5.75 Å². The summed E-state index contributed by atoms with van der Waals surface area (Å²) in [6, 6.07) is 12.1. The van der Waals surface area contributed by atoms with Gasteiger partial charge in [0.2, 0.25) is 10.0 Å². The van der Waals surface area contributed by atoms with E-state index in [-0.39, 0.29) is 42.1 Å². The van der Waals surface area contributed by atoms with E-state index in [2.05, 4.69) is 0 Å². The van der Waals surface area contributed by atoms with Gasteiger partial charge in [0.1, 0.15) is 11.3 Å². The lowest BCUT2D eigenvalue weighted by Gasteiger charge is -2.30. The van der Waals surface area contributed by atoms with Crippen LogP contribution in [0.3, 0.4) is 0 Å². The average molecular weight is 486 g/mol. The number of piperidine rings is 1. The van der Waals surface area contributed by atoms with Gasteiger partial charge in [-0.2, -0.15) is 4.31 Å². The molecule has 2 aromatic carbocycles. The van der Waals surface area contributed by atoms with Crippen LogP contribution in [-0.2, 0) is 19.6 Å². The Balaban J connectivity index is 1.45. The minimum atomic E-state index is -3.95. The van der Waals surface area contributed by atoms with Crippen LogP contribution in [0, 0.1) is 12.8 Å². The van der Waals surface area contributed by atoms with Gasteiger partial charge in [-0.1, -0.05) is 12.1 Å². The highest BCUT2D eigenvalue weighted by Gasteiger charge is 2.35. The molecule has 3 aromatic rings. The second-order valence-corrected chi connectivity index (χ2v) is 9.90. The van der Waals surface area contributed by atoms with Crippen LogP contribution in [0.25, 0.3) is 11.0 Å². The van der Waals surface area contributed by atoms with E-state index in [0.29, 0.717) is 5.58 Å². The van der Waals surface area contributed by atoms with E-state index in [4.69, 9.17) is 13.9 Å². The van der Waals surface area contributed by atoms with Gasteiger partial charge in [0.05, 0.1) is 23.5 Å². The molecule has 0 aliphatic carbocycles. The Bertz CT molecular complexity index is 1420. The second-order valence-electron chi connectivity index (χ2n) is 7.99. The van der Waals surface area contributed by atoms with Crippen LogP contribution in [0.2, 0.25) is 0 Å². The Hall–Kier alpha value is -3.50. The zero-order chi connectivity index (χ0) is 24.5. The Labute approximate surface area is 195 Å². The van der Waals surface area contributed by atoms with Crippen molar-refractivity contribution in [1.82, 2.24) is 4.31 Å². The van der Waals surface area contributed by atoms with E-state index in [1.165, 1.54) is 41.7 Å². The predicted octanol–water partition coefficient (Wildman–Crippen LogP) is 2.89. The number of rotatable bonds is 5. The molecule has 0 radical (unpaired) electrons. The smallest absolute Gasteiger partial charge is 0.339 e. The van der Waals surface area contributed by atoms with Crippen LogP contribution < -0.4 is 10.4 Å². The number of nitrogens with zero attached hydrogens (tertiary/aromatic N) is 1. The number of aryl methyl sites for hydroxylation is 1. The molecule has 0 amide bonds. The van der Waals surface area contributed by atoms with E-state index < -0.39 is 33.5 Å². The Kier molecular flexibility index (Phi) is 6.54. The lowest BCUT2D eigenvalue weighted by Crippen LogP contribution is -2.41. The van der Waals surface area contributed by atoms with Crippen molar-refractivity contribution in [3.05, 3.63) is 70.1 Å². The summed E-state index contributed by atoms with van der Waals surface area (Å²) >= 11 is 0. The van der Waals surface area contributed by atoms with Crippen LogP contribution in [0.15, 0.2) is 62.6 Å². The number of hydrogen-bond acceptors (Lipinski definition) is 8. The molecule has 2 heterocycles. The first-order valence-electron chi connectivity index (χ1n) is 10.6. The molecule has 0 unspecified atom stereocenters. The van der Waals surface area contributed by atoms with Crippen LogP contribution >= 0.6 is 0 Å². The van der Waals surface area contributed by atoms with Crippen molar-refractivity contribution in [2.24, 2.45) is 5.92 Å². The molecule has 1 aliphatic rings. The average Bonchev–Trinajstić information content (AvgIpc) is 2.83. The van der Waals surface area contributed by atoms with Gasteiger partial charge >= 0.3 is 17.6 Å². The minimum absolute atomic E-state index is 0.0373. The number of fused-ring (bicyclic) bond motifs is 1. The molecule has 0 saturated carbocycles. The molecule has 1 fully saturated rings. The van der Waals surface area contributed by atoms with Gasteiger partial charge in [-0.25, -0.2) is 18.0 Å². The zero-order valence-corrected chi connectivity index (χ0v) is 19.5. The molecule has 0 spiro atoms. The van der Waals surface area contributed by atoms with E-state index in [1.54, 1.807) is 25.1 Å². The molecule has 1 aromatic heterocycles. The maximum atomic E-state index is 13.1. The van der Waals surface area contributed by atoms with Crippen LogP contribution in [-0.4, -0.2) is 44.9 Å². The van der Waals surface area contributed by atoms with Crippen molar-refractivity contribution >= 4 is 32.9 Å². The fourth-order valence-corrected chi connectivity index (χ4v) is 5.66. The number of esters is 2. The molecule has 178 valence electrons. The maximum Gasteiger partial charge on any atom is 0.339 e. The lowest BCUT2D eigenvalue weighted by molar-refractivity contribution is -0.140. The third-order valence-electron chi connectivity index (χ3n) is 5.84. The van der Waals surface area contributed by atoms with Crippen LogP contribution in [0.4, 0.5) is 0 Å². The molecule has 1 saturated heterocycles. The van der Waals surface area contributed by atoms with E-state index in [9.17, 15) is 22.8 Å². The van der Waals surface area contributed by atoms with Crippen molar-refractivity contribution < 1.29 is 31.9 Å². The normalized spacial score (nSPS) is 15.2. The predicted molar refractivity (Wildman–Crippen MR) is 122 cm³/mol. The third kappa shape index (κ3) is 4.59. The molecular weight excluding hydrogens is 462 g/mol. The van der Waals surface area contributed by atoms with E-state index in [1.807, 2.05) is 0 Å². The monoisotopic (exact) mass is 485 g/mol. The summed E-state index contributed by atoms with van der Waals surface area (Å²) in [7, 11) is -2.76. The number of carbonyl (C=O) groups excluding carboxylic acids is 2. The largest absolute Gasteiger partial charge is 0.465 e. The minimum Gasteiger partial charge on any atom is -0.465 e. The Morgan fingerprint density at radius 2 is 1.76 bits per heavy atom. The van der Waals surface area contributed by atoms with Crippen molar-refractivity contribution in [2.75, 3.05) is 20.2 Å². The van der Waals surface area contributed by atoms with Gasteiger partial charge in [-0.05, 0) is 49.6 Å². The molecule has 10 heteroatoms. The van der Waals surface area contributed by atoms with E-state index in [0.717, 1.165) is 10.9 Å². The SMILES string of the molecule is COC(=O)c1ccccc1S(=O)(=O)N1CCC(C(=O)Oc2ccc3c(C)cc(=O)oc3c2)CC1. The second kappa shape index (κ2) is 9.40. The molecule has 1 aliphatic heterocycles. The summed E-state index contributed by atoms with van der Waals surface area (Å²) in [5, 5.41) is 0.741. The number of benzene rings is 2. The zero-order valence-electron chi connectivity index (χ0n) is 18.6. The highest BCUT2D eigenvalue weighted by atomic mass is 32.2. The number of hydrogen-bond donors (Lipinski definition) is 0. The molecule has 0 atom stereocenters. The number of ether oxygens (including phenoxy) is 2. The summed E-state index contributed by atoms with van der Waals surface area (Å²) in [4.78, 5) is 36.2. The first kappa shape index (κ1) is 23.7. The molecular formula is C24H23NO8S.